The number of carboxylic acids is 1. The summed E-state index contributed by atoms with van der Waals surface area (Å²) in [5.74, 6) is -1.11. The Morgan fingerprint density at radius 3 is 2.06 bits per heavy atom. The van der Waals surface area contributed by atoms with E-state index in [1.165, 1.54) is 11.1 Å². The molecule has 0 bridgehead atoms. The minimum atomic E-state index is -0.946. The van der Waals surface area contributed by atoms with Crippen molar-refractivity contribution in [1.29, 1.82) is 0 Å². The molecule has 2 amide bonds. The van der Waals surface area contributed by atoms with E-state index in [1.807, 2.05) is 36.4 Å². The number of hydrogen-bond donors (Lipinski definition) is 3. The fraction of sp³-hybridized carbons (Fsp3) is 0.250. The zero-order chi connectivity index (χ0) is 24.4. The van der Waals surface area contributed by atoms with Crippen LogP contribution in [0.2, 0.25) is 0 Å². The highest BCUT2D eigenvalue weighted by atomic mass is 16.5. The first-order valence-electron chi connectivity index (χ1n) is 11.7. The number of anilines is 1. The standard InChI is InChI=1S/C28H26N2O5/c31-25(32)13-16-29-26(33)28(14-15-28)18-9-11-19(12-10-18)30-27(34)35-17-24-22-7-3-1-5-20(22)21-6-2-4-8-23(21)24/h1-12,24H,13-17H2,(H,29,33)(H,30,34)(H,31,32). The highest BCUT2D eigenvalue weighted by Crippen LogP contribution is 2.48. The molecule has 7 nitrogen and oxygen atoms in total. The molecule has 0 unspecified atom stereocenters. The van der Waals surface area contributed by atoms with Crippen LogP contribution in [0.15, 0.2) is 72.8 Å². The van der Waals surface area contributed by atoms with Crippen LogP contribution in [0.5, 0.6) is 0 Å². The van der Waals surface area contributed by atoms with Crippen LogP contribution in [0.3, 0.4) is 0 Å². The molecule has 0 saturated heterocycles. The minimum Gasteiger partial charge on any atom is -0.481 e. The molecule has 3 aromatic rings. The maximum absolute atomic E-state index is 12.6. The van der Waals surface area contributed by atoms with Crippen molar-refractivity contribution in [2.24, 2.45) is 0 Å². The zero-order valence-corrected chi connectivity index (χ0v) is 19.1. The molecule has 0 atom stereocenters. The van der Waals surface area contributed by atoms with Crippen molar-refractivity contribution >= 4 is 23.7 Å². The summed E-state index contributed by atoms with van der Waals surface area (Å²) in [6.07, 6.45) is 0.785. The topological polar surface area (TPSA) is 105 Å². The Bertz CT molecular complexity index is 1240. The number of nitrogens with one attached hydrogen (secondary N) is 2. The molecule has 0 heterocycles. The average Bonchev–Trinajstić information content (AvgIpc) is 3.61. The third kappa shape index (κ3) is 4.49. The molecule has 0 aromatic heterocycles. The van der Waals surface area contributed by atoms with E-state index in [1.54, 1.807) is 12.1 Å². The highest BCUT2D eigenvalue weighted by Gasteiger charge is 2.51. The second-order valence-electron chi connectivity index (χ2n) is 9.01. The molecule has 1 fully saturated rings. The monoisotopic (exact) mass is 470 g/mol. The van der Waals surface area contributed by atoms with E-state index in [-0.39, 0.29) is 31.4 Å². The first-order chi connectivity index (χ1) is 17.0. The van der Waals surface area contributed by atoms with Crippen molar-refractivity contribution in [1.82, 2.24) is 5.32 Å². The summed E-state index contributed by atoms with van der Waals surface area (Å²) < 4.78 is 5.59. The van der Waals surface area contributed by atoms with Crippen LogP contribution >= 0.6 is 0 Å². The average molecular weight is 471 g/mol. The first kappa shape index (κ1) is 22.7. The Morgan fingerprint density at radius 1 is 0.886 bits per heavy atom. The van der Waals surface area contributed by atoms with Crippen LogP contribution in [0, 0.1) is 0 Å². The number of aliphatic carboxylic acids is 1. The van der Waals surface area contributed by atoms with Crippen molar-refractivity contribution in [3.05, 3.63) is 89.5 Å². The number of fused-ring (bicyclic) bond motifs is 3. The molecular formula is C28H26N2O5. The zero-order valence-electron chi connectivity index (χ0n) is 19.1. The molecule has 3 aromatic carbocycles. The van der Waals surface area contributed by atoms with E-state index in [0.717, 1.165) is 16.7 Å². The third-order valence-electron chi connectivity index (χ3n) is 6.84. The van der Waals surface area contributed by atoms with Crippen LogP contribution in [-0.4, -0.2) is 36.2 Å². The van der Waals surface area contributed by atoms with Gasteiger partial charge in [-0.15, -0.1) is 0 Å². The lowest BCUT2D eigenvalue weighted by Gasteiger charge is -2.17. The van der Waals surface area contributed by atoms with Gasteiger partial charge in [-0.3, -0.25) is 14.9 Å². The number of hydrogen-bond acceptors (Lipinski definition) is 4. The van der Waals surface area contributed by atoms with Gasteiger partial charge >= 0.3 is 12.1 Å². The van der Waals surface area contributed by atoms with Crippen LogP contribution in [0.4, 0.5) is 10.5 Å². The Hall–Kier alpha value is -4.13. The van der Waals surface area contributed by atoms with E-state index in [2.05, 4.69) is 34.9 Å². The van der Waals surface area contributed by atoms with Gasteiger partial charge in [0, 0.05) is 18.2 Å². The quantitative estimate of drug-likeness (QED) is 0.444. The van der Waals surface area contributed by atoms with E-state index >= 15 is 0 Å². The summed E-state index contributed by atoms with van der Waals surface area (Å²) in [5, 5.41) is 14.2. The van der Waals surface area contributed by atoms with Crippen molar-refractivity contribution in [2.75, 3.05) is 18.5 Å². The lowest BCUT2D eigenvalue weighted by Crippen LogP contribution is -2.35. The molecule has 0 radical (unpaired) electrons. The summed E-state index contributed by atoms with van der Waals surface area (Å²) in [6, 6.07) is 23.5. The van der Waals surface area contributed by atoms with Gasteiger partial charge in [-0.1, -0.05) is 60.7 Å². The molecule has 2 aliphatic carbocycles. The molecule has 0 aliphatic heterocycles. The predicted molar refractivity (Wildman–Crippen MR) is 131 cm³/mol. The summed E-state index contributed by atoms with van der Waals surface area (Å²) in [7, 11) is 0. The summed E-state index contributed by atoms with van der Waals surface area (Å²) in [5.41, 5.74) is 5.48. The van der Waals surface area contributed by atoms with Gasteiger partial charge in [-0.2, -0.15) is 0 Å². The van der Waals surface area contributed by atoms with Gasteiger partial charge in [-0.05, 0) is 52.8 Å². The summed E-state index contributed by atoms with van der Waals surface area (Å²) in [4.78, 5) is 35.8. The number of carbonyl (C=O) groups is 3. The fourth-order valence-electron chi connectivity index (χ4n) is 4.85. The van der Waals surface area contributed by atoms with Gasteiger partial charge in [0.1, 0.15) is 6.61 Å². The lowest BCUT2D eigenvalue weighted by atomic mass is 9.94. The van der Waals surface area contributed by atoms with E-state index in [0.29, 0.717) is 18.5 Å². The number of amides is 2. The molecule has 7 heteroatoms. The highest BCUT2D eigenvalue weighted by molar-refractivity contribution is 5.92. The van der Waals surface area contributed by atoms with Gasteiger partial charge in [0.25, 0.3) is 0 Å². The Morgan fingerprint density at radius 2 is 1.49 bits per heavy atom. The molecule has 0 spiro atoms. The second kappa shape index (κ2) is 9.25. The van der Waals surface area contributed by atoms with Crippen LogP contribution in [-0.2, 0) is 19.7 Å². The third-order valence-corrected chi connectivity index (χ3v) is 6.84. The summed E-state index contributed by atoms with van der Waals surface area (Å²) >= 11 is 0. The molecule has 2 aliphatic rings. The molecule has 35 heavy (non-hydrogen) atoms. The molecule has 178 valence electrons. The first-order valence-corrected chi connectivity index (χ1v) is 11.7. The van der Waals surface area contributed by atoms with Gasteiger partial charge in [-0.25, -0.2) is 4.79 Å². The lowest BCUT2D eigenvalue weighted by molar-refractivity contribution is -0.137. The molecule has 5 rings (SSSR count). The van der Waals surface area contributed by atoms with Crippen molar-refractivity contribution in [2.45, 2.75) is 30.6 Å². The van der Waals surface area contributed by atoms with Gasteiger partial charge in [0.2, 0.25) is 5.91 Å². The number of ether oxygens (including phenoxy) is 1. The van der Waals surface area contributed by atoms with E-state index < -0.39 is 17.5 Å². The Labute approximate surface area is 203 Å². The number of benzene rings is 3. The maximum Gasteiger partial charge on any atom is 0.411 e. The minimum absolute atomic E-state index is 0.00936. The van der Waals surface area contributed by atoms with Crippen LogP contribution in [0.25, 0.3) is 11.1 Å². The van der Waals surface area contributed by atoms with Crippen molar-refractivity contribution in [3.63, 3.8) is 0 Å². The van der Waals surface area contributed by atoms with Gasteiger partial charge in [0.05, 0.1) is 11.8 Å². The number of carboxylic acid groups (broad SMARTS) is 1. The maximum atomic E-state index is 12.6. The smallest absolute Gasteiger partial charge is 0.411 e. The number of carbonyl (C=O) groups excluding carboxylic acids is 2. The largest absolute Gasteiger partial charge is 0.481 e. The molecule has 1 saturated carbocycles. The van der Waals surface area contributed by atoms with Crippen molar-refractivity contribution in [3.8, 4) is 11.1 Å². The SMILES string of the molecule is O=C(O)CCNC(=O)C1(c2ccc(NC(=O)OCC3c4ccccc4-c4ccccc43)cc2)CC1. The van der Waals surface area contributed by atoms with Crippen LogP contribution < -0.4 is 10.6 Å². The van der Waals surface area contributed by atoms with E-state index in [9.17, 15) is 14.4 Å². The van der Waals surface area contributed by atoms with Gasteiger partial charge < -0.3 is 15.2 Å². The Kier molecular flexibility index (Phi) is 5.99. The molecular weight excluding hydrogens is 444 g/mol. The predicted octanol–water partition coefficient (Wildman–Crippen LogP) is 4.67. The fourth-order valence-corrected chi connectivity index (χ4v) is 4.85. The molecule has 3 N–H and O–H groups in total. The summed E-state index contributed by atoms with van der Waals surface area (Å²) in [6.45, 7) is 0.342. The van der Waals surface area contributed by atoms with Crippen LogP contribution in [0.1, 0.15) is 41.9 Å². The van der Waals surface area contributed by atoms with Gasteiger partial charge in [0.15, 0.2) is 0 Å². The number of rotatable bonds is 8. The normalized spacial score (nSPS) is 15.0. The van der Waals surface area contributed by atoms with E-state index in [4.69, 9.17) is 9.84 Å². The van der Waals surface area contributed by atoms with Crippen molar-refractivity contribution < 1.29 is 24.2 Å². The Balaban J connectivity index is 1.19. The second-order valence-corrected chi connectivity index (χ2v) is 9.01.